The highest BCUT2D eigenvalue weighted by Crippen LogP contribution is 2.24. The molecule has 3 N–H and O–H groups in total. The van der Waals surface area contributed by atoms with Crippen molar-refractivity contribution < 1.29 is 9.72 Å². The molecule has 0 spiro atoms. The smallest absolute Gasteiger partial charge is 0.274 e. The fraction of sp³-hybridized carbons (Fsp3) is 0.417. The lowest BCUT2D eigenvalue weighted by molar-refractivity contribution is -0.385. The minimum atomic E-state index is -0.392. The van der Waals surface area contributed by atoms with E-state index >= 15 is 0 Å². The summed E-state index contributed by atoms with van der Waals surface area (Å²) in [6.45, 7) is 2.45. The van der Waals surface area contributed by atoms with E-state index in [1.807, 2.05) is 6.92 Å². The molecule has 1 aromatic carbocycles. The van der Waals surface area contributed by atoms with Gasteiger partial charge < -0.3 is 11.1 Å². The summed E-state index contributed by atoms with van der Waals surface area (Å²) in [6.07, 6.45) is 0.941. The maximum atomic E-state index is 10.9. The van der Waals surface area contributed by atoms with Gasteiger partial charge in [0.25, 0.3) is 5.69 Å². The molecule has 6 heteroatoms. The maximum Gasteiger partial charge on any atom is 0.274 e. The standard InChI is InChI=1S/C12H17N3O3/c1-9(14-8-4-7-12(13)16)10-5-2-3-6-11(10)15(17)18/h2-3,5-6,9,14H,4,7-8H2,1H3,(H2,13,16). The highest BCUT2D eigenvalue weighted by molar-refractivity contribution is 5.73. The third kappa shape index (κ3) is 4.14. The van der Waals surface area contributed by atoms with Gasteiger partial charge in [0, 0.05) is 24.1 Å². The predicted molar refractivity (Wildman–Crippen MR) is 67.9 cm³/mol. The van der Waals surface area contributed by atoms with Gasteiger partial charge in [0.1, 0.15) is 0 Å². The summed E-state index contributed by atoms with van der Waals surface area (Å²) in [7, 11) is 0. The third-order valence-electron chi connectivity index (χ3n) is 2.65. The lowest BCUT2D eigenvalue weighted by Gasteiger charge is -2.13. The Bertz CT molecular complexity index is 434. The van der Waals surface area contributed by atoms with Gasteiger partial charge in [-0.3, -0.25) is 14.9 Å². The number of nitrogens with two attached hydrogens (primary N) is 1. The second-order valence-electron chi connectivity index (χ2n) is 4.06. The first-order valence-electron chi connectivity index (χ1n) is 5.77. The van der Waals surface area contributed by atoms with Gasteiger partial charge in [-0.25, -0.2) is 0 Å². The quantitative estimate of drug-likeness (QED) is 0.436. The number of amides is 1. The Kier molecular flexibility index (Phi) is 5.26. The van der Waals surface area contributed by atoms with Crippen LogP contribution in [0, 0.1) is 10.1 Å². The molecule has 0 aromatic heterocycles. The van der Waals surface area contributed by atoms with E-state index in [1.165, 1.54) is 6.07 Å². The molecule has 0 fully saturated rings. The monoisotopic (exact) mass is 251 g/mol. The van der Waals surface area contributed by atoms with Crippen molar-refractivity contribution in [1.82, 2.24) is 5.32 Å². The molecule has 98 valence electrons. The van der Waals surface area contributed by atoms with Crippen LogP contribution in [0.3, 0.4) is 0 Å². The zero-order valence-corrected chi connectivity index (χ0v) is 10.3. The first-order chi connectivity index (χ1) is 8.52. The van der Waals surface area contributed by atoms with Gasteiger partial charge in [-0.2, -0.15) is 0 Å². The van der Waals surface area contributed by atoms with Crippen LogP contribution in [0.5, 0.6) is 0 Å². The van der Waals surface area contributed by atoms with Crippen LogP contribution >= 0.6 is 0 Å². The molecule has 0 aliphatic carbocycles. The molecule has 0 aliphatic rings. The number of hydrogen-bond donors (Lipinski definition) is 2. The van der Waals surface area contributed by atoms with Crippen molar-refractivity contribution in [1.29, 1.82) is 0 Å². The van der Waals surface area contributed by atoms with Crippen LogP contribution in [-0.2, 0) is 4.79 Å². The highest BCUT2D eigenvalue weighted by Gasteiger charge is 2.17. The Morgan fingerprint density at radius 1 is 1.50 bits per heavy atom. The summed E-state index contributed by atoms with van der Waals surface area (Å²) in [5.41, 5.74) is 5.77. The van der Waals surface area contributed by atoms with E-state index in [9.17, 15) is 14.9 Å². The summed E-state index contributed by atoms with van der Waals surface area (Å²) in [6, 6.07) is 6.48. The summed E-state index contributed by atoms with van der Waals surface area (Å²) in [5, 5.41) is 14.0. The molecule has 0 saturated heterocycles. The van der Waals surface area contributed by atoms with Gasteiger partial charge in [-0.05, 0) is 19.9 Å². The van der Waals surface area contributed by atoms with Crippen molar-refractivity contribution >= 4 is 11.6 Å². The number of hydrogen-bond acceptors (Lipinski definition) is 4. The molecule has 0 aliphatic heterocycles. The zero-order valence-electron chi connectivity index (χ0n) is 10.3. The molecule has 0 saturated carbocycles. The van der Waals surface area contributed by atoms with E-state index in [2.05, 4.69) is 5.32 Å². The lowest BCUT2D eigenvalue weighted by Crippen LogP contribution is -2.22. The molecular formula is C12H17N3O3. The molecule has 0 bridgehead atoms. The zero-order chi connectivity index (χ0) is 13.5. The van der Waals surface area contributed by atoms with Crippen LogP contribution in [0.1, 0.15) is 31.4 Å². The third-order valence-corrected chi connectivity index (χ3v) is 2.65. The van der Waals surface area contributed by atoms with E-state index in [0.29, 0.717) is 24.9 Å². The number of nitrogens with zero attached hydrogens (tertiary/aromatic N) is 1. The van der Waals surface area contributed by atoms with Gasteiger partial charge in [0.15, 0.2) is 0 Å². The number of primary amides is 1. The van der Waals surface area contributed by atoms with Gasteiger partial charge in [-0.15, -0.1) is 0 Å². The van der Waals surface area contributed by atoms with Gasteiger partial charge in [-0.1, -0.05) is 18.2 Å². The minimum Gasteiger partial charge on any atom is -0.370 e. The molecule has 18 heavy (non-hydrogen) atoms. The Morgan fingerprint density at radius 3 is 2.78 bits per heavy atom. The Hall–Kier alpha value is -1.95. The Labute approximate surface area is 105 Å². The van der Waals surface area contributed by atoms with Crippen LogP contribution in [0.15, 0.2) is 24.3 Å². The normalized spacial score (nSPS) is 12.1. The summed E-state index contributed by atoms with van der Waals surface area (Å²) < 4.78 is 0. The largest absolute Gasteiger partial charge is 0.370 e. The molecule has 1 atom stereocenters. The molecule has 0 heterocycles. The number of carbonyl (C=O) groups is 1. The summed E-state index contributed by atoms with van der Waals surface area (Å²) in [4.78, 5) is 21.0. The van der Waals surface area contributed by atoms with E-state index in [0.717, 1.165) is 0 Å². The van der Waals surface area contributed by atoms with E-state index in [1.54, 1.807) is 18.2 Å². The average molecular weight is 251 g/mol. The second-order valence-corrected chi connectivity index (χ2v) is 4.06. The fourth-order valence-electron chi connectivity index (χ4n) is 1.71. The van der Waals surface area contributed by atoms with Crippen molar-refractivity contribution in [3.05, 3.63) is 39.9 Å². The van der Waals surface area contributed by atoms with Crippen LogP contribution in [-0.4, -0.2) is 17.4 Å². The number of para-hydroxylation sites is 1. The maximum absolute atomic E-state index is 10.9. The number of nitro benzene ring substituents is 1. The Balaban J connectivity index is 2.58. The molecule has 6 nitrogen and oxygen atoms in total. The molecule has 1 unspecified atom stereocenters. The van der Waals surface area contributed by atoms with Crippen molar-refractivity contribution in [2.24, 2.45) is 5.73 Å². The first kappa shape index (κ1) is 14.1. The topological polar surface area (TPSA) is 98.3 Å². The Morgan fingerprint density at radius 2 is 2.17 bits per heavy atom. The predicted octanol–water partition coefficient (Wildman–Crippen LogP) is 1.51. The number of rotatable bonds is 7. The van der Waals surface area contributed by atoms with E-state index in [-0.39, 0.29) is 17.6 Å². The molecule has 0 radical (unpaired) electrons. The van der Waals surface area contributed by atoms with Crippen molar-refractivity contribution in [2.45, 2.75) is 25.8 Å². The first-order valence-corrected chi connectivity index (χ1v) is 5.77. The SMILES string of the molecule is CC(NCCCC(N)=O)c1ccccc1[N+](=O)[O-]. The molecule has 1 rings (SSSR count). The van der Waals surface area contributed by atoms with Crippen molar-refractivity contribution in [3.8, 4) is 0 Å². The minimum absolute atomic E-state index is 0.104. The molecule has 1 aromatic rings. The van der Waals surface area contributed by atoms with Gasteiger partial charge in [0.2, 0.25) is 5.91 Å². The van der Waals surface area contributed by atoms with Crippen LogP contribution in [0.2, 0.25) is 0 Å². The highest BCUT2D eigenvalue weighted by atomic mass is 16.6. The molecule has 1 amide bonds. The fourth-order valence-corrected chi connectivity index (χ4v) is 1.71. The van der Waals surface area contributed by atoms with Crippen LogP contribution < -0.4 is 11.1 Å². The van der Waals surface area contributed by atoms with E-state index < -0.39 is 4.92 Å². The van der Waals surface area contributed by atoms with Crippen LogP contribution in [0.4, 0.5) is 5.69 Å². The summed E-state index contributed by atoms with van der Waals surface area (Å²) in [5.74, 6) is -0.338. The number of nitro groups is 1. The number of carbonyl (C=O) groups excluding carboxylic acids is 1. The summed E-state index contributed by atoms with van der Waals surface area (Å²) >= 11 is 0. The van der Waals surface area contributed by atoms with E-state index in [4.69, 9.17) is 5.73 Å². The average Bonchev–Trinajstić information content (AvgIpc) is 2.34. The lowest BCUT2D eigenvalue weighted by atomic mass is 10.1. The van der Waals surface area contributed by atoms with Crippen molar-refractivity contribution in [2.75, 3.05) is 6.54 Å². The van der Waals surface area contributed by atoms with Gasteiger partial charge >= 0.3 is 0 Å². The van der Waals surface area contributed by atoms with Gasteiger partial charge in [0.05, 0.1) is 4.92 Å². The van der Waals surface area contributed by atoms with Crippen molar-refractivity contribution in [3.63, 3.8) is 0 Å². The second kappa shape index (κ2) is 6.70. The molecular weight excluding hydrogens is 234 g/mol. The number of benzene rings is 1. The number of nitrogens with one attached hydrogen (secondary N) is 1. The van der Waals surface area contributed by atoms with Crippen LogP contribution in [0.25, 0.3) is 0 Å².